The molecule has 12 heteroatoms. The summed E-state index contributed by atoms with van der Waals surface area (Å²) in [5.74, 6) is 2.45. The molecule has 7 heterocycles. The Bertz CT molecular complexity index is 1960. The summed E-state index contributed by atoms with van der Waals surface area (Å²) < 4.78 is 8.54. The zero-order valence-corrected chi connectivity index (χ0v) is 28.5. The molecule has 0 aromatic carbocycles. The number of nitrogens with zero attached hydrogens (tertiary/aromatic N) is 8. The molecule has 9 rings (SSSR count). The first-order valence-corrected chi connectivity index (χ1v) is 18.2. The van der Waals surface area contributed by atoms with Crippen molar-refractivity contribution in [3.63, 3.8) is 0 Å². The van der Waals surface area contributed by atoms with Crippen LogP contribution >= 0.6 is 11.3 Å². The minimum Gasteiger partial charge on any atom is -0.389 e. The molecule has 2 saturated heterocycles. The number of nitrogens with two attached hydrogens (primary N) is 1. The predicted molar refractivity (Wildman–Crippen MR) is 181 cm³/mol. The maximum Gasteiger partial charge on any atom is 0.186 e. The van der Waals surface area contributed by atoms with Crippen LogP contribution in [0.25, 0.3) is 22.6 Å². The topological polar surface area (TPSA) is 146 Å². The van der Waals surface area contributed by atoms with Gasteiger partial charge in [0.25, 0.3) is 0 Å². The number of piperidine rings is 1. The third-order valence-corrected chi connectivity index (χ3v) is 13.4. The number of likely N-dealkylation sites (N-methyl/N-ethyl adjacent to an activating group) is 1. The van der Waals surface area contributed by atoms with E-state index < -0.39 is 11.0 Å². The zero-order valence-electron chi connectivity index (χ0n) is 27.7. The van der Waals surface area contributed by atoms with Crippen molar-refractivity contribution in [3.05, 3.63) is 33.0 Å². The maximum atomic E-state index is 11.3. The fourth-order valence-electron chi connectivity index (χ4n) is 10.00. The van der Waals surface area contributed by atoms with Crippen molar-refractivity contribution >= 4 is 33.2 Å². The second-order valence-electron chi connectivity index (χ2n) is 15.2. The molecule has 47 heavy (non-hydrogen) atoms. The van der Waals surface area contributed by atoms with E-state index >= 15 is 0 Å². The first-order valence-electron chi connectivity index (χ1n) is 17.4. The quantitative estimate of drug-likeness (QED) is 0.293. The van der Waals surface area contributed by atoms with Crippen LogP contribution in [0.15, 0.2) is 4.52 Å². The summed E-state index contributed by atoms with van der Waals surface area (Å²) in [6.07, 6.45) is 9.47. The number of aryl methyl sites for hydroxylation is 1. The van der Waals surface area contributed by atoms with Crippen LogP contribution in [0.2, 0.25) is 0 Å². The van der Waals surface area contributed by atoms with Crippen molar-refractivity contribution in [2.45, 2.75) is 120 Å². The van der Waals surface area contributed by atoms with Crippen LogP contribution in [0.3, 0.4) is 0 Å². The van der Waals surface area contributed by atoms with E-state index in [1.54, 1.807) is 11.3 Å². The van der Waals surface area contributed by atoms with Crippen molar-refractivity contribution in [3.8, 4) is 17.6 Å². The molecule has 4 aromatic rings. The summed E-state index contributed by atoms with van der Waals surface area (Å²) in [6, 6.07) is 3.13. The predicted octanol–water partition coefficient (Wildman–Crippen LogP) is 5.45. The van der Waals surface area contributed by atoms with Crippen molar-refractivity contribution in [2.24, 2.45) is 0 Å². The summed E-state index contributed by atoms with van der Waals surface area (Å²) in [7, 11) is 2.21. The Morgan fingerprint density at radius 2 is 1.96 bits per heavy atom. The fourth-order valence-corrected chi connectivity index (χ4v) is 11.2. The lowest BCUT2D eigenvalue weighted by Gasteiger charge is -2.47. The van der Waals surface area contributed by atoms with Gasteiger partial charge in [-0.3, -0.25) is 0 Å². The molecule has 11 nitrogen and oxygen atoms in total. The molecule has 0 amide bonds. The third-order valence-electron chi connectivity index (χ3n) is 12.3. The van der Waals surface area contributed by atoms with Gasteiger partial charge in [0, 0.05) is 35.0 Å². The molecule has 0 unspecified atom stereocenters. The van der Waals surface area contributed by atoms with Gasteiger partial charge in [0.2, 0.25) is 0 Å². The van der Waals surface area contributed by atoms with E-state index in [-0.39, 0.29) is 18.0 Å². The van der Waals surface area contributed by atoms with Crippen molar-refractivity contribution in [1.82, 2.24) is 29.8 Å². The van der Waals surface area contributed by atoms with E-state index in [1.807, 2.05) is 6.92 Å². The molecule has 0 saturated carbocycles. The monoisotopic (exact) mass is 653 g/mol. The normalized spacial score (nSPS) is 30.7. The van der Waals surface area contributed by atoms with Crippen molar-refractivity contribution in [1.29, 1.82) is 5.26 Å². The molecule has 2 aliphatic carbocycles. The number of aromatic nitrogens is 5. The number of hydrogen-bond donors (Lipinski definition) is 2. The number of nitriles is 1. The Morgan fingerprint density at radius 1 is 1.15 bits per heavy atom. The van der Waals surface area contributed by atoms with Gasteiger partial charge in [0.05, 0.1) is 33.7 Å². The SMILES string of the molecule is C[C@H]1c2nn([C@@H](C)[C@@H]3CCCN3C)c3nc(-c4noc5c4CCC[C@@]54CCCc5sc(N)c(C#N)c54)nc(c23)N2C[C@](C)(O)CC[C@H]12. The largest absolute Gasteiger partial charge is 0.389 e. The molecule has 3 N–H and O–H groups in total. The molecule has 1 spiro atoms. The number of aliphatic hydroxyl groups is 1. The zero-order chi connectivity index (χ0) is 32.4. The summed E-state index contributed by atoms with van der Waals surface area (Å²) >= 11 is 1.56. The molecular formula is C35H43N9O2S. The number of anilines is 2. The number of nitrogen functional groups attached to an aromatic ring is 1. The van der Waals surface area contributed by atoms with Crippen LogP contribution in [-0.4, -0.2) is 72.7 Å². The standard InChI is InChI=1S/C35H43N9O2S/c1-18-22-11-14-34(3,45)17-43(22)32-25-27(18)40-44(19(2)23-9-7-15-42(23)4)33(25)39-31(38-32)28-20-8-5-12-35(29(20)46-41-28)13-6-10-24-26(35)21(16-36)30(37)47-24/h18-19,22-23,45H,5-15,17,37H2,1-4H3/t18-,19+,22-,23+,34-,35+/m1/s1. The highest BCUT2D eigenvalue weighted by Crippen LogP contribution is 2.55. The molecule has 5 aliphatic rings. The van der Waals surface area contributed by atoms with Gasteiger partial charge in [-0.25, -0.2) is 14.6 Å². The van der Waals surface area contributed by atoms with Crippen LogP contribution in [0.1, 0.15) is 117 Å². The third kappa shape index (κ3) is 4.09. The van der Waals surface area contributed by atoms with Crippen molar-refractivity contribution in [2.75, 3.05) is 30.8 Å². The molecule has 6 atom stereocenters. The highest BCUT2D eigenvalue weighted by molar-refractivity contribution is 7.16. The van der Waals surface area contributed by atoms with E-state index in [0.717, 1.165) is 104 Å². The van der Waals surface area contributed by atoms with Crippen LogP contribution in [0.5, 0.6) is 0 Å². The Kier molecular flexibility index (Phi) is 6.45. The second kappa shape index (κ2) is 10.2. The van der Waals surface area contributed by atoms with Crippen LogP contribution in [-0.2, 0) is 18.3 Å². The van der Waals surface area contributed by atoms with Gasteiger partial charge in [-0.2, -0.15) is 10.4 Å². The van der Waals surface area contributed by atoms with Gasteiger partial charge in [-0.1, -0.05) is 12.1 Å². The fraction of sp³-hybridized carbons (Fsp3) is 0.629. The lowest BCUT2D eigenvalue weighted by molar-refractivity contribution is 0.0337. The average Bonchev–Trinajstić information content (AvgIpc) is 3.83. The summed E-state index contributed by atoms with van der Waals surface area (Å²) in [6.45, 7) is 8.07. The number of rotatable bonds is 3. The lowest BCUT2D eigenvalue weighted by Crippen LogP contribution is -2.54. The average molecular weight is 654 g/mol. The summed E-state index contributed by atoms with van der Waals surface area (Å²) in [5.41, 5.74) is 10.5. The molecule has 3 aliphatic heterocycles. The van der Waals surface area contributed by atoms with E-state index in [4.69, 9.17) is 30.5 Å². The molecule has 246 valence electrons. The Morgan fingerprint density at radius 3 is 2.72 bits per heavy atom. The summed E-state index contributed by atoms with van der Waals surface area (Å²) in [4.78, 5) is 16.6. The van der Waals surface area contributed by atoms with E-state index in [0.29, 0.717) is 34.7 Å². The number of likely N-dealkylation sites (tertiary alicyclic amines) is 1. The number of fused-ring (bicyclic) bond motifs is 6. The minimum atomic E-state index is -0.806. The van der Waals surface area contributed by atoms with Crippen LogP contribution < -0.4 is 10.6 Å². The lowest BCUT2D eigenvalue weighted by atomic mass is 9.63. The Hall–Kier alpha value is -3.53. The van der Waals surface area contributed by atoms with E-state index in [2.05, 4.69) is 41.4 Å². The Balaban J connectivity index is 1.25. The number of hydrogen-bond acceptors (Lipinski definition) is 11. The smallest absolute Gasteiger partial charge is 0.186 e. The second-order valence-corrected chi connectivity index (χ2v) is 16.4. The van der Waals surface area contributed by atoms with Crippen LogP contribution in [0, 0.1) is 11.3 Å². The first kappa shape index (κ1) is 29.6. The molecular weight excluding hydrogens is 611 g/mol. The van der Waals surface area contributed by atoms with E-state index in [9.17, 15) is 10.4 Å². The number of thiophene rings is 1. The van der Waals surface area contributed by atoms with Crippen molar-refractivity contribution < 1.29 is 9.63 Å². The van der Waals surface area contributed by atoms with Gasteiger partial charge in [0.15, 0.2) is 22.9 Å². The van der Waals surface area contributed by atoms with Gasteiger partial charge in [-0.15, -0.1) is 11.3 Å². The maximum absolute atomic E-state index is 11.3. The minimum absolute atomic E-state index is 0.128. The highest BCUT2D eigenvalue weighted by atomic mass is 32.1. The van der Waals surface area contributed by atoms with Gasteiger partial charge in [0.1, 0.15) is 16.9 Å². The molecule has 4 aromatic heterocycles. The summed E-state index contributed by atoms with van der Waals surface area (Å²) in [5, 5.41) is 33.1. The highest BCUT2D eigenvalue weighted by Gasteiger charge is 2.50. The first-order chi connectivity index (χ1) is 22.6. The molecule has 2 fully saturated rings. The molecule has 0 radical (unpaired) electrons. The molecule has 0 bridgehead atoms. The van der Waals surface area contributed by atoms with Gasteiger partial charge < -0.3 is 25.2 Å². The Labute approximate surface area is 278 Å². The van der Waals surface area contributed by atoms with Gasteiger partial charge in [-0.05, 0) is 97.2 Å². The van der Waals surface area contributed by atoms with Crippen LogP contribution in [0.4, 0.5) is 10.8 Å². The van der Waals surface area contributed by atoms with Gasteiger partial charge >= 0.3 is 0 Å². The van der Waals surface area contributed by atoms with E-state index in [1.165, 1.54) is 11.3 Å².